The first-order chi connectivity index (χ1) is 16.7. The number of ether oxygens (including phenoxy) is 3. The van der Waals surface area contributed by atoms with Crippen molar-refractivity contribution >= 4 is 69.4 Å². The Hall–Kier alpha value is -3.15. The summed E-state index contributed by atoms with van der Waals surface area (Å²) >= 11 is 14.8. The number of methoxy groups -OCH3 is 1. The molecule has 0 N–H and O–H groups in total. The number of cyclic esters (lactones) is 1. The number of esters is 1. The molecule has 1 heterocycles. The molecule has 3 aromatic carbocycles. The number of nitro groups is 1. The van der Waals surface area contributed by atoms with Crippen LogP contribution in [0.25, 0.3) is 6.08 Å². The van der Waals surface area contributed by atoms with E-state index in [9.17, 15) is 14.9 Å². The van der Waals surface area contributed by atoms with Crippen LogP contribution in [0.1, 0.15) is 16.7 Å². The van der Waals surface area contributed by atoms with Gasteiger partial charge in [-0.1, -0.05) is 35.3 Å². The Kier molecular flexibility index (Phi) is 7.58. The van der Waals surface area contributed by atoms with E-state index in [-0.39, 0.29) is 32.9 Å². The van der Waals surface area contributed by atoms with Crippen LogP contribution >= 0.6 is 45.8 Å². The van der Waals surface area contributed by atoms with Gasteiger partial charge in [-0.3, -0.25) is 10.1 Å². The summed E-state index contributed by atoms with van der Waals surface area (Å²) in [5, 5.41) is 11.2. The first-order valence-electron chi connectivity index (χ1n) is 9.97. The summed E-state index contributed by atoms with van der Waals surface area (Å²) in [6.07, 6.45) is 1.48. The van der Waals surface area contributed by atoms with E-state index in [4.69, 9.17) is 37.4 Å². The zero-order valence-corrected chi connectivity index (χ0v) is 21.6. The van der Waals surface area contributed by atoms with Gasteiger partial charge in [-0.15, -0.1) is 0 Å². The van der Waals surface area contributed by atoms with Gasteiger partial charge in [0.25, 0.3) is 5.69 Å². The van der Waals surface area contributed by atoms with Crippen LogP contribution in [0.15, 0.2) is 65.3 Å². The Labute approximate surface area is 223 Å². The lowest BCUT2D eigenvalue weighted by atomic mass is 10.1. The van der Waals surface area contributed by atoms with Crippen LogP contribution in [0.3, 0.4) is 0 Å². The Morgan fingerprint density at radius 3 is 2.51 bits per heavy atom. The highest BCUT2D eigenvalue weighted by atomic mass is 127. The molecular formula is C24H15Cl2IN2O6. The van der Waals surface area contributed by atoms with E-state index in [0.717, 1.165) is 15.2 Å². The molecule has 0 amide bonds. The first-order valence-corrected chi connectivity index (χ1v) is 11.8. The van der Waals surface area contributed by atoms with Crippen LogP contribution in [-0.4, -0.2) is 23.9 Å². The van der Waals surface area contributed by atoms with Crippen molar-refractivity contribution in [1.29, 1.82) is 0 Å². The lowest BCUT2D eigenvalue weighted by Crippen LogP contribution is -2.06. The van der Waals surface area contributed by atoms with Gasteiger partial charge in [-0.05, 0) is 70.1 Å². The average molecular weight is 625 g/mol. The first kappa shape index (κ1) is 25.0. The number of benzene rings is 3. The molecule has 1 aliphatic heterocycles. The highest BCUT2D eigenvalue weighted by Gasteiger charge is 2.27. The number of carbonyl (C=O) groups is 1. The summed E-state index contributed by atoms with van der Waals surface area (Å²) in [6.45, 7) is 0.295. The molecular weight excluding hydrogens is 610 g/mol. The molecule has 11 heteroatoms. The van der Waals surface area contributed by atoms with Crippen molar-refractivity contribution in [3.63, 3.8) is 0 Å². The molecule has 0 radical (unpaired) electrons. The highest BCUT2D eigenvalue weighted by molar-refractivity contribution is 14.1. The van der Waals surface area contributed by atoms with Crippen LogP contribution in [0.4, 0.5) is 5.69 Å². The van der Waals surface area contributed by atoms with E-state index in [1.165, 1.54) is 25.3 Å². The van der Waals surface area contributed by atoms with Gasteiger partial charge in [0.1, 0.15) is 6.61 Å². The molecule has 0 saturated heterocycles. The molecule has 1 aliphatic rings. The van der Waals surface area contributed by atoms with Crippen molar-refractivity contribution in [3.8, 4) is 11.5 Å². The minimum atomic E-state index is -0.705. The molecule has 0 spiro atoms. The van der Waals surface area contributed by atoms with Crippen molar-refractivity contribution in [2.45, 2.75) is 6.61 Å². The van der Waals surface area contributed by atoms with Crippen molar-refractivity contribution in [2.75, 3.05) is 7.11 Å². The molecule has 35 heavy (non-hydrogen) atoms. The number of carbonyl (C=O) groups excluding carboxylic acids is 1. The molecule has 3 aromatic rings. The molecule has 0 atom stereocenters. The van der Waals surface area contributed by atoms with Crippen molar-refractivity contribution in [3.05, 3.63) is 101 Å². The van der Waals surface area contributed by atoms with E-state index < -0.39 is 10.9 Å². The molecule has 0 saturated carbocycles. The number of nitro benzene ring substituents is 1. The van der Waals surface area contributed by atoms with E-state index in [2.05, 4.69) is 27.6 Å². The molecule has 0 unspecified atom stereocenters. The number of non-ortho nitro benzene ring substituents is 1. The monoisotopic (exact) mass is 624 g/mol. The fraction of sp³-hybridized carbons (Fsp3) is 0.0833. The predicted molar refractivity (Wildman–Crippen MR) is 140 cm³/mol. The summed E-state index contributed by atoms with van der Waals surface area (Å²) in [7, 11) is 1.48. The van der Waals surface area contributed by atoms with Crippen LogP contribution < -0.4 is 9.47 Å². The summed E-state index contributed by atoms with van der Waals surface area (Å²) in [6, 6.07) is 14.9. The normalized spacial score (nSPS) is 14.0. The molecule has 4 rings (SSSR count). The van der Waals surface area contributed by atoms with E-state index in [1.807, 2.05) is 24.3 Å². The van der Waals surface area contributed by atoms with E-state index in [1.54, 1.807) is 12.1 Å². The van der Waals surface area contributed by atoms with Gasteiger partial charge < -0.3 is 14.2 Å². The Bertz CT molecular complexity index is 1390. The molecule has 0 bridgehead atoms. The summed E-state index contributed by atoms with van der Waals surface area (Å²) in [5.41, 5.74) is 1.56. The maximum atomic E-state index is 12.4. The lowest BCUT2D eigenvalue weighted by molar-refractivity contribution is -0.384. The average Bonchev–Trinajstić information content (AvgIpc) is 3.18. The topological polar surface area (TPSA) is 100 Å². The largest absolute Gasteiger partial charge is 0.493 e. The second-order valence-electron chi connectivity index (χ2n) is 7.21. The number of halogens is 3. The van der Waals surface area contributed by atoms with Crippen molar-refractivity contribution in [2.24, 2.45) is 4.99 Å². The Morgan fingerprint density at radius 1 is 1.11 bits per heavy atom. The maximum Gasteiger partial charge on any atom is 0.363 e. The minimum absolute atomic E-state index is 0.0000889. The number of hydrogen-bond donors (Lipinski definition) is 0. The minimum Gasteiger partial charge on any atom is -0.493 e. The number of nitrogens with zero attached hydrogens (tertiary/aromatic N) is 2. The predicted octanol–water partition coefficient (Wildman–Crippen LogP) is 6.44. The van der Waals surface area contributed by atoms with Crippen molar-refractivity contribution in [1.82, 2.24) is 0 Å². The molecule has 0 aliphatic carbocycles. The number of rotatable bonds is 7. The third-order valence-electron chi connectivity index (χ3n) is 4.87. The Balaban J connectivity index is 1.59. The van der Waals surface area contributed by atoms with E-state index >= 15 is 0 Å². The van der Waals surface area contributed by atoms with Gasteiger partial charge in [0, 0.05) is 15.7 Å². The number of aliphatic imine (C=N–C) groups is 1. The second kappa shape index (κ2) is 10.6. The van der Waals surface area contributed by atoms with E-state index in [0.29, 0.717) is 23.7 Å². The fourth-order valence-corrected chi connectivity index (χ4v) is 4.06. The van der Waals surface area contributed by atoms with Gasteiger partial charge in [-0.2, -0.15) is 0 Å². The lowest BCUT2D eigenvalue weighted by Gasteiger charge is -2.13. The third kappa shape index (κ3) is 5.75. The standard InChI is InChI=1S/C24H15Cl2IN2O6/c1-33-21-10-14(8-19(26)22(21)34-12-13-2-4-15(27)5-3-13)9-20-24(30)35-23(28-20)17-7-6-16(29(31)32)11-18(17)25/h2-11H,12H2,1H3/b20-9-. The van der Waals surface area contributed by atoms with Crippen LogP contribution in [0, 0.1) is 13.7 Å². The third-order valence-corrected chi connectivity index (χ3v) is 6.18. The second-order valence-corrected chi connectivity index (χ2v) is 9.27. The van der Waals surface area contributed by atoms with Gasteiger partial charge in [0.2, 0.25) is 5.90 Å². The van der Waals surface area contributed by atoms with Gasteiger partial charge in [0.15, 0.2) is 17.2 Å². The molecule has 8 nitrogen and oxygen atoms in total. The highest BCUT2D eigenvalue weighted by Crippen LogP contribution is 2.38. The van der Waals surface area contributed by atoms with Crippen LogP contribution in [0.5, 0.6) is 11.5 Å². The Morgan fingerprint density at radius 2 is 1.86 bits per heavy atom. The maximum absolute atomic E-state index is 12.4. The van der Waals surface area contributed by atoms with Crippen molar-refractivity contribution < 1.29 is 23.9 Å². The zero-order valence-electron chi connectivity index (χ0n) is 18.0. The molecule has 0 fully saturated rings. The fourth-order valence-electron chi connectivity index (χ4n) is 3.17. The van der Waals surface area contributed by atoms with Crippen LogP contribution in [-0.2, 0) is 16.1 Å². The summed E-state index contributed by atoms with van der Waals surface area (Å²) in [5.74, 6) is -0.0187. The van der Waals surface area contributed by atoms with Gasteiger partial charge in [0.05, 0.1) is 27.6 Å². The van der Waals surface area contributed by atoms with Gasteiger partial charge >= 0.3 is 5.97 Å². The quantitative estimate of drug-likeness (QED) is 0.0986. The zero-order chi connectivity index (χ0) is 25.1. The SMILES string of the molecule is COc1cc(/C=C2\N=C(c3ccc([N+](=O)[O-])cc3Cl)OC2=O)cc(Cl)c1OCc1ccc(I)cc1. The smallest absolute Gasteiger partial charge is 0.363 e. The van der Waals surface area contributed by atoms with Crippen LogP contribution in [0.2, 0.25) is 10.0 Å². The molecule has 178 valence electrons. The van der Waals surface area contributed by atoms with Gasteiger partial charge in [-0.25, -0.2) is 9.79 Å². The number of hydrogen-bond acceptors (Lipinski definition) is 7. The summed E-state index contributed by atoms with van der Waals surface area (Å²) < 4.78 is 17.7. The summed E-state index contributed by atoms with van der Waals surface area (Å²) in [4.78, 5) is 26.9. The molecule has 0 aromatic heterocycles.